The quantitative estimate of drug-likeness (QED) is 0.809. The molecule has 1 fully saturated rings. The van der Waals surface area contributed by atoms with Crippen LogP contribution in [0.3, 0.4) is 0 Å². The number of rotatable bonds is 3. The van der Waals surface area contributed by atoms with Crippen LogP contribution in [-0.4, -0.2) is 17.3 Å². The zero-order valence-corrected chi connectivity index (χ0v) is 11.1. The van der Waals surface area contributed by atoms with Gasteiger partial charge in [0.2, 0.25) is 0 Å². The van der Waals surface area contributed by atoms with Crippen molar-refractivity contribution in [2.24, 2.45) is 5.73 Å². The predicted molar refractivity (Wildman–Crippen MR) is 72.6 cm³/mol. The molecule has 0 bridgehead atoms. The van der Waals surface area contributed by atoms with E-state index < -0.39 is 0 Å². The van der Waals surface area contributed by atoms with Gasteiger partial charge in [-0.2, -0.15) is 0 Å². The van der Waals surface area contributed by atoms with E-state index in [4.69, 9.17) is 10.5 Å². The Morgan fingerprint density at radius 3 is 2.83 bits per heavy atom. The zero-order chi connectivity index (χ0) is 13.0. The third-order valence-electron chi connectivity index (χ3n) is 3.63. The maximum atomic E-state index is 10.1. The Morgan fingerprint density at radius 2 is 2.06 bits per heavy atom. The third-order valence-corrected chi connectivity index (χ3v) is 3.63. The molecule has 0 amide bonds. The number of aliphatic hydroxyl groups is 1. The van der Waals surface area contributed by atoms with Crippen molar-refractivity contribution in [2.75, 3.05) is 0 Å². The molecule has 1 aromatic carbocycles. The van der Waals surface area contributed by atoms with Gasteiger partial charge in [0.25, 0.3) is 0 Å². The maximum absolute atomic E-state index is 10.1. The number of nitrogens with two attached hydrogens (primary N) is 1. The standard InChI is InChI=1S/C15H23NO2/c1-11-7-8-14(12(9-11)10-16)18-15-6-4-2-3-5-13(15)17/h7-9,13,15,17H,2-6,10,16H2,1H3. The molecule has 1 aromatic rings. The highest BCUT2D eigenvalue weighted by molar-refractivity contribution is 5.37. The Bertz CT molecular complexity index is 392. The van der Waals surface area contributed by atoms with E-state index in [0.29, 0.717) is 6.54 Å². The molecule has 0 radical (unpaired) electrons. The first-order chi connectivity index (χ1) is 8.70. The summed E-state index contributed by atoms with van der Waals surface area (Å²) >= 11 is 0. The van der Waals surface area contributed by atoms with Gasteiger partial charge in [-0.1, -0.05) is 30.5 Å². The monoisotopic (exact) mass is 249 g/mol. The number of aliphatic hydroxyl groups excluding tert-OH is 1. The first-order valence-electron chi connectivity index (χ1n) is 6.85. The Hall–Kier alpha value is -1.06. The Balaban J connectivity index is 2.12. The van der Waals surface area contributed by atoms with E-state index in [1.54, 1.807) is 0 Å². The average Bonchev–Trinajstić information content (AvgIpc) is 2.57. The number of hydrogen-bond donors (Lipinski definition) is 2. The first kappa shape index (κ1) is 13.4. The van der Waals surface area contributed by atoms with E-state index in [9.17, 15) is 5.11 Å². The van der Waals surface area contributed by atoms with Crippen LogP contribution in [0, 0.1) is 6.92 Å². The Labute approximate surface area is 109 Å². The molecule has 0 aliphatic heterocycles. The second-order valence-electron chi connectivity index (χ2n) is 5.18. The molecule has 1 aliphatic carbocycles. The van der Waals surface area contributed by atoms with Crippen molar-refractivity contribution in [1.29, 1.82) is 0 Å². The summed E-state index contributed by atoms with van der Waals surface area (Å²) in [6, 6.07) is 6.05. The van der Waals surface area contributed by atoms with Crippen LogP contribution >= 0.6 is 0 Å². The highest BCUT2D eigenvalue weighted by atomic mass is 16.5. The molecular weight excluding hydrogens is 226 g/mol. The molecule has 100 valence electrons. The van der Waals surface area contributed by atoms with Gasteiger partial charge in [-0.15, -0.1) is 0 Å². The maximum Gasteiger partial charge on any atom is 0.124 e. The lowest BCUT2D eigenvalue weighted by molar-refractivity contribution is 0.0314. The number of hydrogen-bond acceptors (Lipinski definition) is 3. The summed E-state index contributed by atoms with van der Waals surface area (Å²) in [5, 5.41) is 10.1. The summed E-state index contributed by atoms with van der Waals surface area (Å²) in [6.45, 7) is 2.52. The summed E-state index contributed by atoms with van der Waals surface area (Å²) in [7, 11) is 0. The molecule has 18 heavy (non-hydrogen) atoms. The van der Waals surface area contributed by atoms with Gasteiger partial charge < -0.3 is 15.6 Å². The number of benzene rings is 1. The SMILES string of the molecule is Cc1ccc(OC2CCCCCC2O)c(CN)c1. The summed E-state index contributed by atoms with van der Waals surface area (Å²) in [6.07, 6.45) is 4.76. The Kier molecular flexibility index (Phi) is 4.61. The lowest BCUT2D eigenvalue weighted by Crippen LogP contribution is -2.30. The van der Waals surface area contributed by atoms with Crippen LogP contribution in [0.25, 0.3) is 0 Å². The van der Waals surface area contributed by atoms with Crippen LogP contribution in [0.5, 0.6) is 5.75 Å². The van der Waals surface area contributed by atoms with Crippen molar-refractivity contribution >= 4 is 0 Å². The van der Waals surface area contributed by atoms with E-state index in [1.807, 2.05) is 19.1 Å². The lowest BCUT2D eigenvalue weighted by Gasteiger charge is -2.23. The number of ether oxygens (including phenoxy) is 1. The van der Waals surface area contributed by atoms with E-state index in [0.717, 1.165) is 37.0 Å². The third kappa shape index (κ3) is 3.24. The average molecular weight is 249 g/mol. The molecule has 3 N–H and O–H groups in total. The zero-order valence-electron chi connectivity index (χ0n) is 11.1. The van der Waals surface area contributed by atoms with Crippen molar-refractivity contribution in [2.45, 2.75) is 57.8 Å². The minimum atomic E-state index is -0.348. The molecule has 3 heteroatoms. The molecule has 2 unspecified atom stereocenters. The molecule has 1 saturated carbocycles. The largest absolute Gasteiger partial charge is 0.487 e. The molecule has 3 nitrogen and oxygen atoms in total. The van der Waals surface area contributed by atoms with Gasteiger partial charge in [0.05, 0.1) is 6.10 Å². The second kappa shape index (κ2) is 6.21. The van der Waals surface area contributed by atoms with Crippen molar-refractivity contribution < 1.29 is 9.84 Å². The Morgan fingerprint density at radius 1 is 1.28 bits per heavy atom. The summed E-state index contributed by atoms with van der Waals surface area (Å²) in [5.41, 5.74) is 7.95. The van der Waals surface area contributed by atoms with Crippen molar-refractivity contribution in [3.63, 3.8) is 0 Å². The van der Waals surface area contributed by atoms with Gasteiger partial charge in [-0.25, -0.2) is 0 Å². The van der Waals surface area contributed by atoms with Gasteiger partial charge in [0.1, 0.15) is 11.9 Å². The summed E-state index contributed by atoms with van der Waals surface area (Å²) < 4.78 is 5.99. The minimum Gasteiger partial charge on any atom is -0.487 e. The van der Waals surface area contributed by atoms with Crippen LogP contribution in [-0.2, 0) is 6.54 Å². The molecule has 0 saturated heterocycles. The first-order valence-corrected chi connectivity index (χ1v) is 6.85. The van der Waals surface area contributed by atoms with Crippen molar-refractivity contribution in [3.05, 3.63) is 29.3 Å². The van der Waals surface area contributed by atoms with Gasteiger partial charge in [-0.3, -0.25) is 0 Å². The lowest BCUT2D eigenvalue weighted by atomic mass is 10.1. The smallest absolute Gasteiger partial charge is 0.124 e. The van der Waals surface area contributed by atoms with Crippen LogP contribution < -0.4 is 10.5 Å². The summed E-state index contributed by atoms with van der Waals surface area (Å²) in [4.78, 5) is 0. The normalized spacial score (nSPS) is 24.6. The van der Waals surface area contributed by atoms with Gasteiger partial charge >= 0.3 is 0 Å². The molecule has 1 aliphatic rings. The molecule has 2 rings (SSSR count). The van der Waals surface area contributed by atoms with Gasteiger partial charge in [0.15, 0.2) is 0 Å². The molecule has 2 atom stereocenters. The van der Waals surface area contributed by atoms with Gasteiger partial charge in [0, 0.05) is 12.1 Å². The predicted octanol–water partition coefficient (Wildman–Crippen LogP) is 2.53. The van der Waals surface area contributed by atoms with E-state index >= 15 is 0 Å². The van der Waals surface area contributed by atoms with Crippen molar-refractivity contribution in [1.82, 2.24) is 0 Å². The molecule has 0 spiro atoms. The van der Waals surface area contributed by atoms with Crippen LogP contribution in [0.15, 0.2) is 18.2 Å². The molecular formula is C15H23NO2. The summed E-state index contributed by atoms with van der Waals surface area (Å²) in [5.74, 6) is 0.828. The fourth-order valence-electron chi connectivity index (χ4n) is 2.54. The van der Waals surface area contributed by atoms with Crippen LogP contribution in [0.4, 0.5) is 0 Å². The highest BCUT2D eigenvalue weighted by Gasteiger charge is 2.23. The fraction of sp³-hybridized carbons (Fsp3) is 0.600. The minimum absolute atomic E-state index is 0.0829. The van der Waals surface area contributed by atoms with E-state index in [1.165, 1.54) is 12.0 Å². The van der Waals surface area contributed by atoms with Crippen LogP contribution in [0.1, 0.15) is 43.2 Å². The second-order valence-corrected chi connectivity index (χ2v) is 5.18. The van der Waals surface area contributed by atoms with Crippen molar-refractivity contribution in [3.8, 4) is 5.75 Å². The molecule has 0 aromatic heterocycles. The van der Waals surface area contributed by atoms with Gasteiger partial charge in [-0.05, 0) is 32.3 Å². The van der Waals surface area contributed by atoms with Crippen LogP contribution in [0.2, 0.25) is 0 Å². The van der Waals surface area contributed by atoms with E-state index in [-0.39, 0.29) is 12.2 Å². The number of aryl methyl sites for hydroxylation is 1. The highest BCUT2D eigenvalue weighted by Crippen LogP contribution is 2.26. The van der Waals surface area contributed by atoms with E-state index in [2.05, 4.69) is 6.07 Å². The fourth-order valence-corrected chi connectivity index (χ4v) is 2.54. The topological polar surface area (TPSA) is 55.5 Å². The molecule has 0 heterocycles.